The Labute approximate surface area is 74.9 Å². The van der Waals surface area contributed by atoms with Gasteiger partial charge in [0, 0.05) is 0 Å². The van der Waals surface area contributed by atoms with Gasteiger partial charge in [0.25, 0.3) is 10.1 Å². The monoisotopic (exact) mass is 198 g/mol. The van der Waals surface area contributed by atoms with Crippen LogP contribution in [-0.2, 0) is 10.1 Å². The van der Waals surface area contributed by atoms with Crippen molar-refractivity contribution in [3.05, 3.63) is 0 Å². The molecule has 0 atom stereocenters. The smallest absolute Gasteiger partial charge is 0.264 e. The van der Waals surface area contributed by atoms with Crippen molar-refractivity contribution < 1.29 is 13.0 Å². The van der Waals surface area contributed by atoms with E-state index in [1.54, 1.807) is 0 Å². The molecule has 0 aromatic carbocycles. The topological polar surface area (TPSA) is 54.4 Å². The van der Waals surface area contributed by atoms with Crippen LogP contribution >= 0.6 is 0 Å². The Morgan fingerprint density at radius 2 is 1.50 bits per heavy atom. The Hall–Kier alpha value is -0.0900. The molecule has 0 rings (SSSR count). The zero-order valence-electron chi connectivity index (χ0n) is 7.62. The van der Waals surface area contributed by atoms with E-state index < -0.39 is 10.1 Å². The molecular formula is C8H18O3S. The molecule has 0 saturated carbocycles. The maximum atomic E-state index is 10.3. The summed E-state index contributed by atoms with van der Waals surface area (Å²) < 4.78 is 28.9. The van der Waals surface area contributed by atoms with Gasteiger partial charge in [0.05, 0.1) is 5.75 Å². The van der Waals surface area contributed by atoms with Gasteiger partial charge in [0.15, 0.2) is 0 Å². The van der Waals surface area contributed by atoms with Gasteiger partial charge in [-0.3, -0.25) is 4.55 Å². The van der Waals surface area contributed by atoms with E-state index >= 15 is 0 Å². The third kappa shape index (κ3) is 9.91. The summed E-state index contributed by atoms with van der Waals surface area (Å²) >= 11 is 0. The van der Waals surface area contributed by atoms with Gasteiger partial charge in [-0.2, -0.15) is 8.42 Å². The van der Waals surface area contributed by atoms with Crippen LogP contribution < -0.4 is 0 Å². The minimum atomic E-state index is -3.72. The van der Waals surface area contributed by atoms with Crippen molar-refractivity contribution in [1.29, 1.82) is 0 Å². The molecule has 0 radical (unpaired) electrons. The van der Waals surface area contributed by atoms with Gasteiger partial charge in [-0.15, -0.1) is 0 Å². The Kier molecular flexibility index (Phi) is 6.38. The molecule has 0 amide bonds. The molecule has 74 valence electrons. The summed E-state index contributed by atoms with van der Waals surface area (Å²) in [6.45, 7) is 2.14. The minimum Gasteiger partial charge on any atom is -0.286 e. The van der Waals surface area contributed by atoms with Crippen molar-refractivity contribution in [2.45, 2.75) is 45.4 Å². The summed E-state index contributed by atoms with van der Waals surface area (Å²) in [5.41, 5.74) is 0. The molecule has 12 heavy (non-hydrogen) atoms. The van der Waals surface area contributed by atoms with Crippen molar-refractivity contribution in [2.75, 3.05) is 5.75 Å². The van der Waals surface area contributed by atoms with Crippen LogP contribution in [-0.4, -0.2) is 18.7 Å². The summed E-state index contributed by atoms with van der Waals surface area (Å²) in [6.07, 6.45) is 6.14. The molecule has 0 heterocycles. The summed E-state index contributed by atoms with van der Waals surface area (Å²) in [7, 11) is -3.72. The number of hydrogen-bond acceptors (Lipinski definition) is 2. The first-order valence-electron chi connectivity index (χ1n) is 4.51. The molecule has 0 saturated heterocycles. The maximum absolute atomic E-state index is 10.3. The van der Waals surface area contributed by atoms with Gasteiger partial charge in [0.1, 0.15) is 0 Å². The summed E-state index contributed by atoms with van der Waals surface area (Å²) in [6, 6.07) is 0. The number of rotatable bonds is 7. The zero-order chi connectivity index (χ0) is 9.45. The highest BCUT2D eigenvalue weighted by molar-refractivity contribution is 7.85. The van der Waals surface area contributed by atoms with E-state index in [9.17, 15) is 8.42 Å². The van der Waals surface area contributed by atoms with Crippen LogP contribution in [0.4, 0.5) is 0 Å². The lowest BCUT2D eigenvalue weighted by Crippen LogP contribution is -2.03. The minimum absolute atomic E-state index is 0.0842. The SMILES string of the molecule is CCCC[13CH2][13CH2][13CH2][13CH2]S(=O)(=O)O. The average Bonchev–Trinajstić information content (AvgIpc) is 1.94. The second kappa shape index (κ2) is 6.43. The summed E-state index contributed by atoms with van der Waals surface area (Å²) in [5.74, 6) is -0.0842. The van der Waals surface area contributed by atoms with E-state index in [4.69, 9.17) is 4.55 Å². The first-order chi connectivity index (χ1) is 5.56. The van der Waals surface area contributed by atoms with Gasteiger partial charge < -0.3 is 0 Å². The van der Waals surface area contributed by atoms with E-state index in [2.05, 4.69) is 6.92 Å². The van der Waals surface area contributed by atoms with Crippen LogP contribution in [0.2, 0.25) is 0 Å². The first kappa shape index (κ1) is 11.9. The van der Waals surface area contributed by atoms with Crippen LogP contribution in [0.3, 0.4) is 0 Å². The molecule has 1 N–H and O–H groups in total. The van der Waals surface area contributed by atoms with Gasteiger partial charge >= 0.3 is 0 Å². The normalized spacial score (nSPS) is 11.8. The molecule has 0 unspecified atom stereocenters. The molecule has 0 aliphatic carbocycles. The maximum Gasteiger partial charge on any atom is 0.264 e. The van der Waals surface area contributed by atoms with E-state index in [0.717, 1.165) is 12.8 Å². The van der Waals surface area contributed by atoms with Gasteiger partial charge in [-0.25, -0.2) is 0 Å². The van der Waals surface area contributed by atoms with Crippen LogP contribution in [0, 0.1) is 0 Å². The molecule has 0 aromatic rings. The van der Waals surface area contributed by atoms with Gasteiger partial charge in [0.2, 0.25) is 0 Å². The van der Waals surface area contributed by atoms with E-state index in [-0.39, 0.29) is 5.75 Å². The van der Waals surface area contributed by atoms with E-state index in [1.165, 1.54) is 19.3 Å². The lowest BCUT2D eigenvalue weighted by atomic mass is 10.3. The van der Waals surface area contributed by atoms with Crippen LogP contribution in [0.15, 0.2) is 0 Å². The molecule has 0 spiro atoms. The quantitative estimate of drug-likeness (QED) is 0.388. The third-order valence-corrected chi connectivity index (χ3v) is 2.56. The van der Waals surface area contributed by atoms with Crippen LogP contribution in [0.5, 0.6) is 0 Å². The molecule has 0 bridgehead atoms. The van der Waals surface area contributed by atoms with Crippen molar-refractivity contribution >= 4 is 10.1 Å². The molecule has 0 fully saturated rings. The number of unbranched alkanes of at least 4 members (excludes halogenated alkanes) is 5. The van der Waals surface area contributed by atoms with Crippen molar-refractivity contribution in [3.63, 3.8) is 0 Å². The standard InChI is InChI=1S/C8H18O3S/c1-2-3-4-5-6-7-8-12(9,10)11/h2-8H2,1H3,(H,9,10,11)/i5+1,6+1,7+1,8+1. The summed E-state index contributed by atoms with van der Waals surface area (Å²) in [4.78, 5) is 0. The number of hydrogen-bond donors (Lipinski definition) is 1. The highest BCUT2D eigenvalue weighted by Gasteiger charge is 2.02. The summed E-state index contributed by atoms with van der Waals surface area (Å²) in [5, 5.41) is 0. The molecule has 0 aliphatic rings. The molecule has 4 heteroatoms. The van der Waals surface area contributed by atoms with Gasteiger partial charge in [-0.1, -0.05) is 39.0 Å². The highest BCUT2D eigenvalue weighted by Crippen LogP contribution is 2.05. The lowest BCUT2D eigenvalue weighted by molar-refractivity contribution is 0.478. The largest absolute Gasteiger partial charge is 0.286 e. The molecule has 0 aliphatic heterocycles. The Morgan fingerprint density at radius 3 is 2.00 bits per heavy atom. The van der Waals surface area contributed by atoms with Crippen LogP contribution in [0.25, 0.3) is 0 Å². The Balaban J connectivity index is 3.12. The fourth-order valence-corrected chi connectivity index (χ4v) is 1.63. The highest BCUT2D eigenvalue weighted by atomic mass is 32.2. The van der Waals surface area contributed by atoms with Crippen molar-refractivity contribution in [1.82, 2.24) is 0 Å². The predicted molar refractivity (Wildman–Crippen MR) is 49.8 cm³/mol. The predicted octanol–water partition coefficient (Wildman–Crippen LogP) is 2.23. The lowest BCUT2D eigenvalue weighted by Gasteiger charge is -1.98. The van der Waals surface area contributed by atoms with Crippen molar-refractivity contribution in [3.8, 4) is 0 Å². The average molecular weight is 198 g/mol. The van der Waals surface area contributed by atoms with Crippen molar-refractivity contribution in [2.24, 2.45) is 0 Å². The fourth-order valence-electron chi connectivity index (χ4n) is 1.06. The second-order valence-electron chi connectivity index (χ2n) is 3.05. The molecular weight excluding hydrogens is 180 g/mol. The fraction of sp³-hybridized carbons (Fsp3) is 1.00. The second-order valence-corrected chi connectivity index (χ2v) is 4.63. The molecule has 0 aromatic heterocycles. The van der Waals surface area contributed by atoms with E-state index in [1.807, 2.05) is 0 Å². The third-order valence-electron chi connectivity index (χ3n) is 1.76. The van der Waals surface area contributed by atoms with Gasteiger partial charge in [-0.05, 0) is 6.42 Å². The Bertz CT molecular complexity index is 184. The Morgan fingerprint density at radius 1 is 1.00 bits per heavy atom. The van der Waals surface area contributed by atoms with E-state index in [0.29, 0.717) is 6.42 Å². The molecule has 3 nitrogen and oxygen atoms in total. The first-order valence-corrected chi connectivity index (χ1v) is 6.12. The van der Waals surface area contributed by atoms with Crippen LogP contribution in [0.1, 0.15) is 45.4 Å². The zero-order valence-corrected chi connectivity index (χ0v) is 8.44.